The highest BCUT2D eigenvalue weighted by molar-refractivity contribution is 9.10. The monoisotopic (exact) mass is 355 g/mol. The van der Waals surface area contributed by atoms with Crippen LogP contribution in [0.5, 0.6) is 5.75 Å². The minimum Gasteiger partial charge on any atom is -0.436 e. The van der Waals surface area contributed by atoms with E-state index in [0.29, 0.717) is 10.0 Å². The molecule has 0 saturated heterocycles. The third-order valence-electron chi connectivity index (χ3n) is 2.70. The first kappa shape index (κ1) is 13.3. The Labute approximate surface area is 123 Å². The van der Waals surface area contributed by atoms with E-state index in [9.17, 15) is 12.8 Å². The summed E-state index contributed by atoms with van der Waals surface area (Å²) in [5.74, 6) is -0.157. The molecule has 2 aromatic rings. The summed E-state index contributed by atoms with van der Waals surface area (Å²) in [5.41, 5.74) is 0.392. The zero-order chi connectivity index (χ0) is 14.3. The Morgan fingerprint density at radius 3 is 2.65 bits per heavy atom. The summed E-state index contributed by atoms with van der Waals surface area (Å²) in [6, 6.07) is 10.2. The Bertz CT molecular complexity index is 833. The summed E-state index contributed by atoms with van der Waals surface area (Å²) in [7, 11) is -3.72. The standard InChI is InChI=1S/C13H7BrFNO3S/c14-10-7-8(15)5-6-11(10)19-13-9-3-1-2-4-12(9)20(17,18)16-13/h1-7H. The third-order valence-corrected chi connectivity index (χ3v) is 4.64. The molecule has 20 heavy (non-hydrogen) atoms. The smallest absolute Gasteiger partial charge is 0.286 e. The van der Waals surface area contributed by atoms with E-state index in [4.69, 9.17) is 4.74 Å². The first-order valence-electron chi connectivity index (χ1n) is 5.55. The topological polar surface area (TPSA) is 55.7 Å². The van der Waals surface area contributed by atoms with Crippen LogP contribution >= 0.6 is 15.9 Å². The van der Waals surface area contributed by atoms with E-state index in [1.54, 1.807) is 18.2 Å². The van der Waals surface area contributed by atoms with Crippen molar-refractivity contribution in [3.8, 4) is 5.75 Å². The molecule has 0 atom stereocenters. The molecule has 2 aromatic carbocycles. The van der Waals surface area contributed by atoms with Crippen molar-refractivity contribution in [3.05, 3.63) is 58.3 Å². The number of hydrogen-bond acceptors (Lipinski definition) is 3. The molecule has 0 saturated carbocycles. The van der Waals surface area contributed by atoms with Crippen molar-refractivity contribution in [2.75, 3.05) is 0 Å². The molecule has 0 unspecified atom stereocenters. The second-order valence-electron chi connectivity index (χ2n) is 4.04. The number of halogens is 2. The molecule has 0 bridgehead atoms. The SMILES string of the molecule is O=S1(=O)N=C(Oc2ccc(F)cc2Br)c2ccccc21. The van der Waals surface area contributed by atoms with Crippen LogP contribution in [0, 0.1) is 5.82 Å². The van der Waals surface area contributed by atoms with Crippen LogP contribution in [-0.2, 0) is 10.0 Å². The second-order valence-corrected chi connectivity index (χ2v) is 6.47. The highest BCUT2D eigenvalue weighted by atomic mass is 79.9. The van der Waals surface area contributed by atoms with E-state index in [0.717, 1.165) is 0 Å². The lowest BCUT2D eigenvalue weighted by Crippen LogP contribution is -2.08. The normalized spacial score (nSPS) is 15.6. The summed E-state index contributed by atoms with van der Waals surface area (Å²) in [6.07, 6.45) is 0. The fraction of sp³-hybridized carbons (Fsp3) is 0. The van der Waals surface area contributed by atoms with Gasteiger partial charge in [-0.05, 0) is 46.3 Å². The van der Waals surface area contributed by atoms with Gasteiger partial charge in [0.1, 0.15) is 16.5 Å². The van der Waals surface area contributed by atoms with Gasteiger partial charge in [0, 0.05) is 0 Å². The molecule has 0 N–H and O–H groups in total. The largest absolute Gasteiger partial charge is 0.436 e. The fourth-order valence-electron chi connectivity index (χ4n) is 1.81. The van der Waals surface area contributed by atoms with Crippen LogP contribution in [0.1, 0.15) is 5.56 Å². The van der Waals surface area contributed by atoms with Gasteiger partial charge in [-0.25, -0.2) is 4.39 Å². The van der Waals surface area contributed by atoms with Crippen LogP contribution in [0.3, 0.4) is 0 Å². The number of benzene rings is 2. The molecule has 1 aliphatic heterocycles. The Balaban J connectivity index is 2.05. The summed E-state index contributed by atoms with van der Waals surface area (Å²) in [6.45, 7) is 0. The van der Waals surface area contributed by atoms with Gasteiger partial charge in [-0.2, -0.15) is 8.42 Å². The van der Waals surface area contributed by atoms with E-state index in [1.165, 1.54) is 24.3 Å². The maximum Gasteiger partial charge on any atom is 0.286 e. The van der Waals surface area contributed by atoms with Gasteiger partial charge in [-0.3, -0.25) is 0 Å². The van der Waals surface area contributed by atoms with Crippen molar-refractivity contribution < 1.29 is 17.5 Å². The summed E-state index contributed by atoms with van der Waals surface area (Å²) >= 11 is 3.15. The minimum atomic E-state index is -3.72. The van der Waals surface area contributed by atoms with Crippen molar-refractivity contribution in [1.29, 1.82) is 0 Å². The van der Waals surface area contributed by atoms with Crippen LogP contribution in [0.4, 0.5) is 4.39 Å². The highest BCUT2D eigenvalue weighted by Crippen LogP contribution is 2.31. The number of sulfonamides is 1. The number of hydrogen-bond donors (Lipinski definition) is 0. The zero-order valence-electron chi connectivity index (χ0n) is 9.88. The molecule has 7 heteroatoms. The third kappa shape index (κ3) is 2.23. The van der Waals surface area contributed by atoms with Crippen molar-refractivity contribution in [2.45, 2.75) is 4.90 Å². The first-order valence-corrected chi connectivity index (χ1v) is 7.78. The quantitative estimate of drug-likeness (QED) is 0.789. The van der Waals surface area contributed by atoms with Crippen LogP contribution in [0.15, 0.2) is 56.2 Å². The molecule has 4 nitrogen and oxygen atoms in total. The van der Waals surface area contributed by atoms with Gasteiger partial charge < -0.3 is 4.74 Å². The summed E-state index contributed by atoms with van der Waals surface area (Å²) in [4.78, 5) is 0.105. The van der Waals surface area contributed by atoms with Crippen LogP contribution in [-0.4, -0.2) is 14.3 Å². The van der Waals surface area contributed by atoms with Gasteiger partial charge in [-0.15, -0.1) is 4.40 Å². The van der Waals surface area contributed by atoms with E-state index in [2.05, 4.69) is 20.3 Å². The molecule has 0 aliphatic carbocycles. The average molecular weight is 356 g/mol. The van der Waals surface area contributed by atoms with E-state index in [1.807, 2.05) is 0 Å². The Kier molecular flexibility index (Phi) is 3.10. The highest BCUT2D eigenvalue weighted by Gasteiger charge is 2.30. The van der Waals surface area contributed by atoms with Gasteiger partial charge in [0.2, 0.25) is 5.90 Å². The number of rotatable bonds is 1. The van der Waals surface area contributed by atoms with Crippen LogP contribution in [0.2, 0.25) is 0 Å². The maximum atomic E-state index is 13.0. The molecule has 0 spiro atoms. The second kappa shape index (κ2) is 4.68. The minimum absolute atomic E-state index is 0.0205. The number of nitrogens with zero attached hydrogens (tertiary/aromatic N) is 1. The molecule has 3 rings (SSSR count). The first-order chi connectivity index (χ1) is 9.47. The number of fused-ring (bicyclic) bond motifs is 1. The van der Waals surface area contributed by atoms with E-state index >= 15 is 0 Å². The predicted molar refractivity (Wildman–Crippen MR) is 74.9 cm³/mol. The van der Waals surface area contributed by atoms with Crippen molar-refractivity contribution >= 4 is 31.9 Å². The lowest BCUT2D eigenvalue weighted by molar-refractivity contribution is 0.545. The molecule has 102 valence electrons. The Morgan fingerprint density at radius 2 is 1.90 bits per heavy atom. The maximum absolute atomic E-state index is 13.0. The van der Waals surface area contributed by atoms with Gasteiger partial charge in [0.25, 0.3) is 10.0 Å². The average Bonchev–Trinajstić information content (AvgIpc) is 2.65. The fourth-order valence-corrected chi connectivity index (χ4v) is 3.38. The Morgan fingerprint density at radius 1 is 1.15 bits per heavy atom. The van der Waals surface area contributed by atoms with Crippen molar-refractivity contribution in [1.82, 2.24) is 0 Å². The van der Waals surface area contributed by atoms with Crippen molar-refractivity contribution in [2.24, 2.45) is 4.40 Å². The van der Waals surface area contributed by atoms with Gasteiger partial charge in [-0.1, -0.05) is 12.1 Å². The molecule has 1 aliphatic rings. The number of ether oxygens (including phenoxy) is 1. The molecule has 0 fully saturated rings. The summed E-state index contributed by atoms with van der Waals surface area (Å²) < 4.78 is 46.2. The van der Waals surface area contributed by atoms with Gasteiger partial charge >= 0.3 is 0 Å². The lowest BCUT2D eigenvalue weighted by Gasteiger charge is -2.07. The van der Waals surface area contributed by atoms with Gasteiger partial charge in [0.15, 0.2) is 0 Å². The Hall–Kier alpha value is -1.73. The van der Waals surface area contributed by atoms with E-state index in [-0.39, 0.29) is 16.5 Å². The molecular weight excluding hydrogens is 349 g/mol. The zero-order valence-corrected chi connectivity index (χ0v) is 12.3. The summed E-state index contributed by atoms with van der Waals surface area (Å²) in [5, 5.41) is 0. The van der Waals surface area contributed by atoms with Crippen LogP contribution in [0.25, 0.3) is 0 Å². The molecule has 0 aromatic heterocycles. The van der Waals surface area contributed by atoms with E-state index < -0.39 is 15.8 Å². The predicted octanol–water partition coefficient (Wildman–Crippen LogP) is 3.12. The molecule has 0 amide bonds. The molecular formula is C13H7BrFNO3S. The molecule has 0 radical (unpaired) electrons. The lowest BCUT2D eigenvalue weighted by atomic mass is 10.2. The molecule has 1 heterocycles. The van der Waals surface area contributed by atoms with Gasteiger partial charge in [0.05, 0.1) is 10.0 Å². The van der Waals surface area contributed by atoms with Crippen LogP contribution < -0.4 is 4.74 Å². The van der Waals surface area contributed by atoms with Crippen molar-refractivity contribution in [3.63, 3.8) is 0 Å².